The summed E-state index contributed by atoms with van der Waals surface area (Å²) in [6.07, 6.45) is 6.70. The third-order valence-corrected chi connectivity index (χ3v) is 2.30. The fourth-order valence-electron chi connectivity index (χ4n) is 1.55. The first-order valence-corrected chi connectivity index (χ1v) is 4.60. The first kappa shape index (κ1) is 10.1. The molecule has 0 saturated carbocycles. The number of rotatable bonds is 1. The maximum atomic E-state index is 10.4. The Morgan fingerprint density at radius 1 is 1.38 bits per heavy atom. The minimum atomic E-state index is -0.981. The fourth-order valence-corrected chi connectivity index (χ4v) is 1.55. The van der Waals surface area contributed by atoms with Gasteiger partial charge >= 0.3 is 6.09 Å². The average molecular weight is 184 g/mol. The predicted octanol–water partition coefficient (Wildman–Crippen LogP) is 1.08. The van der Waals surface area contributed by atoms with Crippen LogP contribution in [0.15, 0.2) is 12.2 Å². The van der Waals surface area contributed by atoms with Crippen LogP contribution >= 0.6 is 0 Å². The lowest BCUT2D eigenvalue weighted by Gasteiger charge is -2.24. The number of allylic oxidation sites excluding steroid dienone is 2. The molecule has 1 amide bonds. The van der Waals surface area contributed by atoms with Crippen molar-refractivity contribution < 1.29 is 9.90 Å². The van der Waals surface area contributed by atoms with Crippen LogP contribution in [0.5, 0.6) is 0 Å². The number of carboxylic acid groups (broad SMARTS) is 1. The second kappa shape index (κ2) is 4.87. The normalized spacial score (nSPS) is 31.5. The molecule has 13 heavy (non-hydrogen) atoms. The van der Waals surface area contributed by atoms with Gasteiger partial charge in [0.15, 0.2) is 0 Å². The number of amides is 1. The van der Waals surface area contributed by atoms with E-state index in [4.69, 9.17) is 10.8 Å². The first-order chi connectivity index (χ1) is 6.20. The molecular weight excluding hydrogens is 168 g/mol. The van der Waals surface area contributed by atoms with Crippen LogP contribution in [0.4, 0.5) is 4.79 Å². The lowest BCUT2D eigenvalue weighted by atomic mass is 9.96. The van der Waals surface area contributed by atoms with Gasteiger partial charge in [0.25, 0.3) is 0 Å². The van der Waals surface area contributed by atoms with Gasteiger partial charge in [-0.15, -0.1) is 0 Å². The summed E-state index contributed by atoms with van der Waals surface area (Å²) in [4.78, 5) is 10.4. The quantitative estimate of drug-likeness (QED) is 0.534. The zero-order valence-corrected chi connectivity index (χ0v) is 7.57. The largest absolute Gasteiger partial charge is 0.465 e. The highest BCUT2D eigenvalue weighted by Crippen LogP contribution is 2.11. The van der Waals surface area contributed by atoms with Crippen molar-refractivity contribution >= 4 is 6.09 Å². The molecule has 0 heterocycles. The summed E-state index contributed by atoms with van der Waals surface area (Å²) in [5.74, 6) is 0. The molecule has 0 bridgehead atoms. The van der Waals surface area contributed by atoms with Crippen LogP contribution in [0.3, 0.4) is 0 Å². The minimum absolute atomic E-state index is 0.0546. The molecule has 0 unspecified atom stereocenters. The molecule has 0 radical (unpaired) electrons. The van der Waals surface area contributed by atoms with Crippen molar-refractivity contribution in [2.24, 2.45) is 5.73 Å². The molecule has 0 fully saturated rings. The zero-order chi connectivity index (χ0) is 9.68. The van der Waals surface area contributed by atoms with Gasteiger partial charge in [0, 0.05) is 12.1 Å². The second-order valence-electron chi connectivity index (χ2n) is 3.35. The molecule has 1 aliphatic rings. The Labute approximate surface area is 77.8 Å². The summed E-state index contributed by atoms with van der Waals surface area (Å²) in [5, 5.41) is 11.0. The highest BCUT2D eigenvalue weighted by atomic mass is 16.4. The molecule has 0 aliphatic heterocycles. The highest BCUT2D eigenvalue weighted by molar-refractivity contribution is 5.64. The minimum Gasteiger partial charge on any atom is -0.465 e. The number of carbonyl (C=O) groups is 1. The second-order valence-corrected chi connectivity index (χ2v) is 3.35. The van der Waals surface area contributed by atoms with Crippen LogP contribution in [-0.4, -0.2) is 23.3 Å². The van der Waals surface area contributed by atoms with Crippen molar-refractivity contribution in [2.45, 2.75) is 37.8 Å². The van der Waals surface area contributed by atoms with E-state index < -0.39 is 6.09 Å². The SMILES string of the molecule is N[C@@H]1CC/C=C/CC[C@@H]1NC(=O)O. The Hall–Kier alpha value is -1.03. The van der Waals surface area contributed by atoms with Gasteiger partial charge in [0.05, 0.1) is 0 Å². The van der Waals surface area contributed by atoms with Gasteiger partial charge in [-0.05, 0) is 25.7 Å². The lowest BCUT2D eigenvalue weighted by Crippen LogP contribution is -2.47. The lowest BCUT2D eigenvalue weighted by molar-refractivity contribution is 0.186. The van der Waals surface area contributed by atoms with Crippen molar-refractivity contribution in [1.29, 1.82) is 0 Å². The molecule has 1 aliphatic carbocycles. The summed E-state index contributed by atoms with van der Waals surface area (Å²) in [6.45, 7) is 0. The summed E-state index contributed by atoms with van der Waals surface area (Å²) >= 11 is 0. The molecule has 4 N–H and O–H groups in total. The van der Waals surface area contributed by atoms with E-state index in [0.717, 1.165) is 25.7 Å². The molecule has 2 atom stereocenters. The van der Waals surface area contributed by atoms with E-state index in [1.54, 1.807) is 0 Å². The van der Waals surface area contributed by atoms with Crippen molar-refractivity contribution in [2.75, 3.05) is 0 Å². The number of hydrogen-bond acceptors (Lipinski definition) is 2. The van der Waals surface area contributed by atoms with Crippen LogP contribution < -0.4 is 11.1 Å². The maximum Gasteiger partial charge on any atom is 0.404 e. The Balaban J connectivity index is 2.48. The highest BCUT2D eigenvalue weighted by Gasteiger charge is 2.19. The van der Waals surface area contributed by atoms with Crippen LogP contribution in [-0.2, 0) is 0 Å². The van der Waals surface area contributed by atoms with Gasteiger partial charge in [0.1, 0.15) is 0 Å². The molecule has 1 rings (SSSR count). The topological polar surface area (TPSA) is 75.3 Å². The van der Waals surface area contributed by atoms with Crippen molar-refractivity contribution in [1.82, 2.24) is 5.32 Å². The third kappa shape index (κ3) is 3.46. The Bertz CT molecular complexity index is 204. The first-order valence-electron chi connectivity index (χ1n) is 4.60. The van der Waals surface area contributed by atoms with Crippen molar-refractivity contribution in [3.05, 3.63) is 12.2 Å². The predicted molar refractivity (Wildman–Crippen MR) is 50.5 cm³/mol. The summed E-state index contributed by atoms with van der Waals surface area (Å²) in [5.41, 5.74) is 5.84. The summed E-state index contributed by atoms with van der Waals surface area (Å²) in [7, 11) is 0. The molecule has 0 saturated heterocycles. The molecule has 74 valence electrons. The molecule has 0 spiro atoms. The van der Waals surface area contributed by atoms with Gasteiger partial charge < -0.3 is 16.2 Å². The van der Waals surface area contributed by atoms with Crippen LogP contribution in [0.25, 0.3) is 0 Å². The Morgan fingerprint density at radius 3 is 2.62 bits per heavy atom. The van der Waals surface area contributed by atoms with Gasteiger partial charge in [-0.1, -0.05) is 12.2 Å². The van der Waals surface area contributed by atoms with Gasteiger partial charge in [-0.3, -0.25) is 0 Å². The standard InChI is InChI=1S/C9H16N2O2/c10-7-5-3-1-2-4-6-8(7)11-9(12)13/h1-2,7-8,11H,3-6,10H2,(H,12,13)/b2-1+/t7-,8+/m1/s1. The average Bonchev–Trinajstić information content (AvgIpc) is 2.04. The van der Waals surface area contributed by atoms with Crippen LogP contribution in [0.2, 0.25) is 0 Å². The van der Waals surface area contributed by atoms with Crippen molar-refractivity contribution in [3.63, 3.8) is 0 Å². The molecular formula is C9H16N2O2. The van der Waals surface area contributed by atoms with E-state index in [9.17, 15) is 4.79 Å². The van der Waals surface area contributed by atoms with Crippen molar-refractivity contribution in [3.8, 4) is 0 Å². The molecule has 4 heteroatoms. The van der Waals surface area contributed by atoms with E-state index >= 15 is 0 Å². The van der Waals surface area contributed by atoms with Crippen LogP contribution in [0.1, 0.15) is 25.7 Å². The van der Waals surface area contributed by atoms with Gasteiger partial charge in [0.2, 0.25) is 0 Å². The van der Waals surface area contributed by atoms with E-state index in [0.29, 0.717) is 0 Å². The Kier molecular flexibility index (Phi) is 3.76. The fraction of sp³-hybridized carbons (Fsp3) is 0.667. The van der Waals surface area contributed by atoms with E-state index in [1.807, 2.05) is 0 Å². The zero-order valence-electron chi connectivity index (χ0n) is 7.57. The number of nitrogens with two attached hydrogens (primary N) is 1. The third-order valence-electron chi connectivity index (χ3n) is 2.30. The smallest absolute Gasteiger partial charge is 0.404 e. The van der Waals surface area contributed by atoms with Gasteiger partial charge in [-0.2, -0.15) is 0 Å². The van der Waals surface area contributed by atoms with E-state index in [2.05, 4.69) is 17.5 Å². The molecule has 0 aromatic heterocycles. The summed E-state index contributed by atoms with van der Waals surface area (Å²) < 4.78 is 0. The molecule has 0 aromatic rings. The Morgan fingerprint density at radius 2 is 2.00 bits per heavy atom. The number of nitrogens with one attached hydrogen (secondary N) is 1. The van der Waals surface area contributed by atoms with Crippen LogP contribution in [0, 0.1) is 0 Å². The van der Waals surface area contributed by atoms with E-state index in [-0.39, 0.29) is 12.1 Å². The molecule has 0 aromatic carbocycles. The monoisotopic (exact) mass is 184 g/mol. The maximum absolute atomic E-state index is 10.4. The number of hydrogen-bond donors (Lipinski definition) is 3. The van der Waals surface area contributed by atoms with Gasteiger partial charge in [-0.25, -0.2) is 4.79 Å². The van der Waals surface area contributed by atoms with E-state index in [1.165, 1.54) is 0 Å². The molecule has 4 nitrogen and oxygen atoms in total. The summed E-state index contributed by atoms with van der Waals surface area (Å²) in [6, 6.07) is -0.150.